The number of carbonyl (C=O) groups excluding carboxylic acids is 1. The Kier molecular flexibility index (Phi) is 4.60. The van der Waals surface area contributed by atoms with Crippen molar-refractivity contribution in [2.75, 3.05) is 26.0 Å². The van der Waals surface area contributed by atoms with Crippen molar-refractivity contribution in [3.63, 3.8) is 0 Å². The summed E-state index contributed by atoms with van der Waals surface area (Å²) >= 11 is 0. The molecule has 2 heterocycles. The van der Waals surface area contributed by atoms with Crippen LogP contribution in [-0.4, -0.2) is 55.2 Å². The van der Waals surface area contributed by atoms with E-state index in [1.165, 1.54) is 4.31 Å². The van der Waals surface area contributed by atoms with E-state index in [-0.39, 0.29) is 32.1 Å². The molecule has 1 amide bonds. The van der Waals surface area contributed by atoms with Crippen molar-refractivity contribution < 1.29 is 17.9 Å². The highest BCUT2D eigenvalue weighted by molar-refractivity contribution is 7.88. The summed E-state index contributed by atoms with van der Waals surface area (Å²) < 4.78 is 30.0. The molecule has 0 radical (unpaired) electrons. The number of rotatable bonds is 4. The van der Waals surface area contributed by atoms with Crippen molar-refractivity contribution >= 4 is 15.9 Å². The van der Waals surface area contributed by atoms with Gasteiger partial charge in [-0.15, -0.1) is 0 Å². The number of hydrogen-bond acceptors (Lipinski definition) is 5. The lowest BCUT2D eigenvalue weighted by Crippen LogP contribution is -2.59. The predicted molar refractivity (Wildman–Crippen MR) is 76.9 cm³/mol. The van der Waals surface area contributed by atoms with Crippen LogP contribution in [0.25, 0.3) is 0 Å². The van der Waals surface area contributed by atoms with Crippen LogP contribution in [0.3, 0.4) is 0 Å². The molecule has 0 saturated carbocycles. The van der Waals surface area contributed by atoms with Gasteiger partial charge in [0.25, 0.3) is 5.91 Å². The number of sulfonamides is 1. The van der Waals surface area contributed by atoms with E-state index in [1.807, 2.05) is 6.07 Å². The zero-order chi connectivity index (χ0) is 15.5. The number of ether oxygens (including phenoxy) is 1. The highest BCUT2D eigenvalue weighted by Gasteiger charge is 2.41. The summed E-state index contributed by atoms with van der Waals surface area (Å²) in [5.74, 6) is -0.346. The van der Waals surface area contributed by atoms with E-state index in [9.17, 15) is 13.2 Å². The van der Waals surface area contributed by atoms with E-state index in [2.05, 4.69) is 10.3 Å². The van der Waals surface area contributed by atoms with Gasteiger partial charge in [-0.25, -0.2) is 8.42 Å². The van der Waals surface area contributed by atoms with Gasteiger partial charge in [0.15, 0.2) is 5.60 Å². The average Bonchev–Trinajstić information content (AvgIpc) is 2.45. The Labute approximate surface area is 124 Å². The van der Waals surface area contributed by atoms with Crippen LogP contribution in [-0.2, 0) is 26.1 Å². The van der Waals surface area contributed by atoms with Crippen LogP contribution >= 0.6 is 0 Å². The highest BCUT2D eigenvalue weighted by Crippen LogP contribution is 2.20. The zero-order valence-electron chi connectivity index (χ0n) is 12.1. The molecule has 1 saturated heterocycles. The maximum absolute atomic E-state index is 12.3. The molecule has 1 fully saturated rings. The van der Waals surface area contributed by atoms with Gasteiger partial charge in [-0.3, -0.25) is 9.78 Å². The third-order valence-corrected chi connectivity index (χ3v) is 4.59. The van der Waals surface area contributed by atoms with Crippen LogP contribution < -0.4 is 5.32 Å². The maximum Gasteiger partial charge on any atom is 0.253 e. The fraction of sp³-hybridized carbons (Fsp3) is 0.538. The largest absolute Gasteiger partial charge is 0.363 e. The lowest BCUT2D eigenvalue weighted by atomic mass is 10.0. The fourth-order valence-electron chi connectivity index (χ4n) is 2.11. The topological polar surface area (TPSA) is 88.6 Å². The first-order valence-corrected chi connectivity index (χ1v) is 8.43. The summed E-state index contributed by atoms with van der Waals surface area (Å²) in [6.07, 6.45) is 2.77. The molecule has 1 aliphatic rings. The molecule has 1 aliphatic heterocycles. The van der Waals surface area contributed by atoms with Crippen LogP contribution in [0.15, 0.2) is 24.4 Å². The zero-order valence-corrected chi connectivity index (χ0v) is 12.9. The smallest absolute Gasteiger partial charge is 0.253 e. The molecular weight excluding hydrogens is 294 g/mol. The number of nitrogens with zero attached hydrogens (tertiary/aromatic N) is 2. The van der Waals surface area contributed by atoms with Gasteiger partial charge in [-0.2, -0.15) is 4.31 Å². The van der Waals surface area contributed by atoms with Crippen LogP contribution in [0, 0.1) is 0 Å². The van der Waals surface area contributed by atoms with Gasteiger partial charge in [0.05, 0.1) is 31.6 Å². The molecular formula is C13H19N3O4S. The van der Waals surface area contributed by atoms with Gasteiger partial charge in [0.2, 0.25) is 10.0 Å². The number of hydrogen-bond donors (Lipinski definition) is 1. The maximum atomic E-state index is 12.3. The SMILES string of the molecule is CC1(C(=O)NCc2ccccn2)CN(S(C)(=O)=O)CCO1. The molecule has 2 rings (SSSR count). The van der Waals surface area contributed by atoms with Gasteiger partial charge < -0.3 is 10.1 Å². The summed E-state index contributed by atoms with van der Waals surface area (Å²) in [6, 6.07) is 5.42. The monoisotopic (exact) mass is 313 g/mol. The van der Waals surface area contributed by atoms with E-state index < -0.39 is 15.6 Å². The average molecular weight is 313 g/mol. The van der Waals surface area contributed by atoms with Crippen molar-refractivity contribution in [1.29, 1.82) is 0 Å². The molecule has 0 spiro atoms. The Morgan fingerprint density at radius 1 is 1.52 bits per heavy atom. The number of carbonyl (C=O) groups is 1. The van der Waals surface area contributed by atoms with E-state index in [4.69, 9.17) is 4.74 Å². The minimum Gasteiger partial charge on any atom is -0.363 e. The third kappa shape index (κ3) is 3.99. The predicted octanol–water partition coefficient (Wildman–Crippen LogP) is -0.252. The standard InChI is InChI=1S/C13H19N3O4S/c1-13(10-16(7-8-20-13)21(2,18)19)12(17)15-9-11-5-3-4-6-14-11/h3-6H,7-10H2,1-2H3,(H,15,17). The van der Waals surface area contributed by atoms with Crippen LogP contribution in [0.4, 0.5) is 0 Å². The summed E-state index contributed by atoms with van der Waals surface area (Å²) in [6.45, 7) is 2.35. The Hall–Kier alpha value is -1.51. The number of amides is 1. The molecule has 1 aromatic heterocycles. The number of aromatic nitrogens is 1. The van der Waals surface area contributed by atoms with Gasteiger partial charge >= 0.3 is 0 Å². The normalized spacial score (nSPS) is 23.7. The van der Waals surface area contributed by atoms with Gasteiger partial charge in [-0.1, -0.05) is 6.07 Å². The van der Waals surface area contributed by atoms with Crippen molar-refractivity contribution in [2.24, 2.45) is 0 Å². The number of pyridine rings is 1. The van der Waals surface area contributed by atoms with Gasteiger partial charge in [0, 0.05) is 12.7 Å². The Bertz CT molecular complexity index is 605. The molecule has 1 aromatic rings. The second-order valence-corrected chi connectivity index (χ2v) is 7.16. The second kappa shape index (κ2) is 6.08. The van der Waals surface area contributed by atoms with Gasteiger partial charge in [0.1, 0.15) is 0 Å². The molecule has 1 atom stereocenters. The van der Waals surface area contributed by atoms with Crippen molar-refractivity contribution in [2.45, 2.75) is 19.1 Å². The summed E-state index contributed by atoms with van der Waals surface area (Å²) in [5, 5.41) is 2.73. The Morgan fingerprint density at radius 3 is 2.90 bits per heavy atom. The first-order valence-electron chi connectivity index (χ1n) is 6.58. The number of nitrogens with one attached hydrogen (secondary N) is 1. The minimum atomic E-state index is -3.34. The first kappa shape index (κ1) is 15.9. The first-order chi connectivity index (χ1) is 9.81. The highest BCUT2D eigenvalue weighted by atomic mass is 32.2. The van der Waals surface area contributed by atoms with Crippen molar-refractivity contribution in [3.8, 4) is 0 Å². The molecule has 0 bridgehead atoms. The van der Waals surface area contributed by atoms with E-state index in [1.54, 1.807) is 25.3 Å². The Morgan fingerprint density at radius 2 is 2.29 bits per heavy atom. The molecule has 8 heteroatoms. The molecule has 7 nitrogen and oxygen atoms in total. The molecule has 0 aliphatic carbocycles. The number of morpholine rings is 1. The van der Waals surface area contributed by atoms with E-state index in [0.717, 1.165) is 11.9 Å². The second-order valence-electron chi connectivity index (χ2n) is 5.18. The minimum absolute atomic E-state index is 0.0138. The lowest BCUT2D eigenvalue weighted by Gasteiger charge is -2.37. The quantitative estimate of drug-likeness (QED) is 0.828. The lowest BCUT2D eigenvalue weighted by molar-refractivity contribution is -0.152. The molecule has 1 unspecified atom stereocenters. The van der Waals surface area contributed by atoms with Crippen molar-refractivity contribution in [1.82, 2.24) is 14.6 Å². The summed E-state index contributed by atoms with van der Waals surface area (Å²) in [4.78, 5) is 16.4. The molecule has 21 heavy (non-hydrogen) atoms. The fourth-order valence-corrected chi connectivity index (χ4v) is 3.00. The van der Waals surface area contributed by atoms with E-state index >= 15 is 0 Å². The molecule has 0 aromatic carbocycles. The van der Waals surface area contributed by atoms with Crippen LogP contribution in [0.1, 0.15) is 12.6 Å². The third-order valence-electron chi connectivity index (χ3n) is 3.34. The van der Waals surface area contributed by atoms with Crippen LogP contribution in [0.2, 0.25) is 0 Å². The van der Waals surface area contributed by atoms with Crippen LogP contribution in [0.5, 0.6) is 0 Å². The molecule has 116 valence electrons. The summed E-state index contributed by atoms with van der Waals surface area (Å²) in [5.41, 5.74) is -0.457. The molecule has 1 N–H and O–H groups in total. The van der Waals surface area contributed by atoms with Crippen molar-refractivity contribution in [3.05, 3.63) is 30.1 Å². The van der Waals surface area contributed by atoms with Gasteiger partial charge in [-0.05, 0) is 19.1 Å². The van der Waals surface area contributed by atoms with E-state index in [0.29, 0.717) is 0 Å². The Balaban J connectivity index is 2.00. The summed E-state index contributed by atoms with van der Waals surface area (Å²) in [7, 11) is -3.34.